The van der Waals surface area contributed by atoms with Gasteiger partial charge >= 0.3 is 0 Å². The first-order chi connectivity index (χ1) is 8.00. The topological polar surface area (TPSA) is 98.3 Å². The molecule has 0 aromatic heterocycles. The SMILES string of the molecule is CS(=O)CCCNc1ccc([N+](=O)[O-])cc1N. The summed E-state index contributed by atoms with van der Waals surface area (Å²) in [6.45, 7) is 0.640. The lowest BCUT2D eigenvalue weighted by Crippen LogP contribution is -2.07. The first-order valence-corrected chi connectivity index (χ1v) is 6.81. The van der Waals surface area contributed by atoms with Crippen molar-refractivity contribution in [2.24, 2.45) is 0 Å². The lowest BCUT2D eigenvalue weighted by Gasteiger charge is -2.08. The lowest BCUT2D eigenvalue weighted by molar-refractivity contribution is -0.384. The van der Waals surface area contributed by atoms with E-state index in [2.05, 4.69) is 5.32 Å². The van der Waals surface area contributed by atoms with Gasteiger partial charge in [0.15, 0.2) is 0 Å². The number of nitrogens with one attached hydrogen (secondary N) is 1. The molecule has 0 bridgehead atoms. The van der Waals surface area contributed by atoms with E-state index in [0.29, 0.717) is 23.7 Å². The van der Waals surface area contributed by atoms with Gasteiger partial charge in [0.1, 0.15) is 0 Å². The van der Waals surface area contributed by atoms with Crippen LogP contribution in [0.5, 0.6) is 0 Å². The number of nitrogen functional groups attached to an aromatic ring is 1. The Morgan fingerprint density at radius 2 is 2.24 bits per heavy atom. The maximum Gasteiger partial charge on any atom is 0.271 e. The summed E-state index contributed by atoms with van der Waals surface area (Å²) >= 11 is 0. The van der Waals surface area contributed by atoms with E-state index in [-0.39, 0.29) is 5.69 Å². The van der Waals surface area contributed by atoms with E-state index in [9.17, 15) is 14.3 Å². The maximum atomic E-state index is 10.8. The van der Waals surface area contributed by atoms with Gasteiger partial charge in [-0.1, -0.05) is 0 Å². The largest absolute Gasteiger partial charge is 0.397 e. The van der Waals surface area contributed by atoms with E-state index in [1.165, 1.54) is 12.1 Å². The summed E-state index contributed by atoms with van der Waals surface area (Å²) in [5, 5.41) is 13.5. The van der Waals surface area contributed by atoms with Gasteiger partial charge in [-0.05, 0) is 12.5 Å². The summed E-state index contributed by atoms with van der Waals surface area (Å²) in [5.41, 5.74) is 6.66. The number of rotatable bonds is 6. The number of nitrogens with two attached hydrogens (primary N) is 1. The van der Waals surface area contributed by atoms with Gasteiger partial charge in [-0.3, -0.25) is 14.3 Å². The predicted molar refractivity (Wildman–Crippen MR) is 69.5 cm³/mol. The van der Waals surface area contributed by atoms with Crippen molar-refractivity contribution in [3.63, 3.8) is 0 Å². The van der Waals surface area contributed by atoms with Crippen molar-refractivity contribution in [2.75, 3.05) is 29.6 Å². The summed E-state index contributed by atoms with van der Waals surface area (Å²) in [6.07, 6.45) is 2.42. The molecule has 0 saturated heterocycles. The Labute approximate surface area is 102 Å². The molecule has 17 heavy (non-hydrogen) atoms. The second-order valence-electron chi connectivity index (χ2n) is 3.59. The average molecular weight is 257 g/mol. The van der Waals surface area contributed by atoms with Gasteiger partial charge in [-0.15, -0.1) is 0 Å². The second-order valence-corrected chi connectivity index (χ2v) is 5.14. The summed E-state index contributed by atoms with van der Waals surface area (Å²) in [5.74, 6) is 0.625. The molecule has 0 amide bonds. The minimum absolute atomic E-state index is 0.0253. The highest BCUT2D eigenvalue weighted by atomic mass is 32.2. The van der Waals surface area contributed by atoms with E-state index in [0.717, 1.165) is 6.42 Å². The van der Waals surface area contributed by atoms with Crippen molar-refractivity contribution in [3.05, 3.63) is 28.3 Å². The molecule has 0 heterocycles. The molecule has 0 radical (unpaired) electrons. The molecule has 0 saturated carbocycles. The van der Waals surface area contributed by atoms with E-state index in [1.807, 2.05) is 0 Å². The smallest absolute Gasteiger partial charge is 0.271 e. The first-order valence-electron chi connectivity index (χ1n) is 5.08. The van der Waals surface area contributed by atoms with E-state index in [1.54, 1.807) is 12.3 Å². The Balaban J connectivity index is 2.54. The molecule has 0 spiro atoms. The van der Waals surface area contributed by atoms with E-state index >= 15 is 0 Å². The molecule has 1 rings (SSSR count). The highest BCUT2D eigenvalue weighted by Gasteiger charge is 2.07. The van der Waals surface area contributed by atoms with Crippen LogP contribution in [0.15, 0.2) is 18.2 Å². The maximum absolute atomic E-state index is 10.8. The van der Waals surface area contributed by atoms with Crippen LogP contribution in [0, 0.1) is 10.1 Å². The molecule has 6 nitrogen and oxygen atoms in total. The fraction of sp³-hybridized carbons (Fsp3) is 0.400. The zero-order valence-corrected chi connectivity index (χ0v) is 10.3. The lowest BCUT2D eigenvalue weighted by atomic mass is 10.2. The Hall–Kier alpha value is -1.63. The van der Waals surface area contributed by atoms with Gasteiger partial charge in [-0.2, -0.15) is 0 Å². The van der Waals surface area contributed by atoms with E-state index in [4.69, 9.17) is 5.73 Å². The number of benzene rings is 1. The molecule has 1 aromatic rings. The van der Waals surface area contributed by atoms with Gasteiger partial charge in [0.2, 0.25) is 0 Å². The Kier molecular flexibility index (Phi) is 4.89. The molecule has 94 valence electrons. The van der Waals surface area contributed by atoms with Crippen molar-refractivity contribution >= 4 is 27.9 Å². The van der Waals surface area contributed by atoms with Crippen molar-refractivity contribution in [3.8, 4) is 0 Å². The van der Waals surface area contributed by atoms with Crippen LogP contribution in [-0.2, 0) is 10.8 Å². The van der Waals surface area contributed by atoms with Crippen LogP contribution in [0.4, 0.5) is 17.1 Å². The molecule has 0 aliphatic heterocycles. The Morgan fingerprint density at radius 1 is 1.53 bits per heavy atom. The van der Waals surface area contributed by atoms with Crippen LogP contribution >= 0.6 is 0 Å². The number of nitro groups is 1. The normalized spacial score (nSPS) is 12.1. The van der Waals surface area contributed by atoms with Gasteiger partial charge in [0.25, 0.3) is 5.69 Å². The molecule has 0 aliphatic rings. The summed E-state index contributed by atoms with van der Waals surface area (Å²) in [4.78, 5) is 10.0. The average Bonchev–Trinajstić information content (AvgIpc) is 2.25. The molecule has 0 fully saturated rings. The standard InChI is InChI=1S/C10H15N3O3S/c1-17(16)6-2-5-12-10-4-3-8(13(14)15)7-9(10)11/h3-4,7,12H,2,5-6,11H2,1H3. The van der Waals surface area contributed by atoms with Crippen molar-refractivity contribution in [2.45, 2.75) is 6.42 Å². The van der Waals surface area contributed by atoms with Gasteiger partial charge in [0.05, 0.1) is 16.3 Å². The molecule has 0 aliphatic carbocycles. The Morgan fingerprint density at radius 3 is 2.76 bits per heavy atom. The quantitative estimate of drug-likeness (QED) is 0.347. The van der Waals surface area contributed by atoms with Crippen LogP contribution < -0.4 is 11.1 Å². The minimum Gasteiger partial charge on any atom is -0.397 e. The fourth-order valence-corrected chi connectivity index (χ4v) is 1.87. The third-order valence-electron chi connectivity index (χ3n) is 2.17. The predicted octanol–water partition coefficient (Wildman–Crippen LogP) is 1.36. The molecule has 7 heteroatoms. The van der Waals surface area contributed by atoms with Gasteiger partial charge in [0, 0.05) is 41.5 Å². The number of hydrogen-bond donors (Lipinski definition) is 2. The molecule has 1 unspecified atom stereocenters. The van der Waals surface area contributed by atoms with Crippen LogP contribution in [0.3, 0.4) is 0 Å². The van der Waals surface area contributed by atoms with E-state index < -0.39 is 15.7 Å². The molecular weight excluding hydrogens is 242 g/mol. The summed E-state index contributed by atoms with van der Waals surface area (Å²) < 4.78 is 10.8. The molecule has 1 atom stereocenters. The number of non-ortho nitro benzene ring substituents is 1. The van der Waals surface area contributed by atoms with Crippen LogP contribution in [0.25, 0.3) is 0 Å². The van der Waals surface area contributed by atoms with Gasteiger partial charge in [-0.25, -0.2) is 0 Å². The number of anilines is 2. The number of hydrogen-bond acceptors (Lipinski definition) is 5. The van der Waals surface area contributed by atoms with Crippen LogP contribution in [0.1, 0.15) is 6.42 Å². The summed E-state index contributed by atoms with van der Waals surface area (Å²) in [6, 6.07) is 4.30. The van der Waals surface area contributed by atoms with Crippen molar-refractivity contribution in [1.82, 2.24) is 0 Å². The summed E-state index contributed by atoms with van der Waals surface area (Å²) in [7, 11) is -0.799. The van der Waals surface area contributed by atoms with Crippen LogP contribution in [0.2, 0.25) is 0 Å². The minimum atomic E-state index is -0.799. The highest BCUT2D eigenvalue weighted by molar-refractivity contribution is 7.84. The van der Waals surface area contributed by atoms with Crippen molar-refractivity contribution < 1.29 is 9.13 Å². The Bertz CT molecular complexity index is 437. The fourth-order valence-electron chi connectivity index (χ4n) is 1.32. The third-order valence-corrected chi connectivity index (χ3v) is 3.03. The molecular formula is C10H15N3O3S. The molecule has 3 N–H and O–H groups in total. The third kappa shape index (κ3) is 4.39. The zero-order valence-electron chi connectivity index (χ0n) is 9.51. The van der Waals surface area contributed by atoms with Crippen LogP contribution in [-0.4, -0.2) is 27.7 Å². The zero-order chi connectivity index (χ0) is 12.8. The number of nitrogens with zero attached hydrogens (tertiary/aromatic N) is 1. The first kappa shape index (κ1) is 13.4. The monoisotopic (exact) mass is 257 g/mol. The van der Waals surface area contributed by atoms with Gasteiger partial charge < -0.3 is 11.1 Å². The second kappa shape index (κ2) is 6.19. The molecule has 1 aromatic carbocycles. The highest BCUT2D eigenvalue weighted by Crippen LogP contribution is 2.23. The van der Waals surface area contributed by atoms with Crippen molar-refractivity contribution in [1.29, 1.82) is 0 Å². The number of nitro benzene ring substituents is 1.